The molecule has 0 spiro atoms. The normalized spacial score (nSPS) is 13.3. The van der Waals surface area contributed by atoms with Gasteiger partial charge in [0.15, 0.2) is 0 Å². The molecule has 0 saturated carbocycles. The molecular weight excluding hydrogens is 174 g/mol. The molecular formula is C8H13NS2. The fourth-order valence-electron chi connectivity index (χ4n) is 0.964. The van der Waals surface area contributed by atoms with Crippen LogP contribution in [0.15, 0.2) is 17.5 Å². The van der Waals surface area contributed by atoms with Gasteiger partial charge in [0.2, 0.25) is 0 Å². The van der Waals surface area contributed by atoms with E-state index in [1.165, 1.54) is 4.88 Å². The summed E-state index contributed by atoms with van der Waals surface area (Å²) in [5, 5.41) is 5.42. The summed E-state index contributed by atoms with van der Waals surface area (Å²) in [5.74, 6) is 1.15. The van der Waals surface area contributed by atoms with Crippen LogP contribution in [0.25, 0.3) is 0 Å². The third-order valence-electron chi connectivity index (χ3n) is 1.57. The molecule has 1 nitrogen and oxygen atoms in total. The first-order valence-corrected chi connectivity index (χ1v) is 5.85. The first-order chi connectivity index (χ1) is 5.38. The molecule has 0 amide bonds. The van der Waals surface area contributed by atoms with Gasteiger partial charge in [0.1, 0.15) is 0 Å². The van der Waals surface area contributed by atoms with Crippen LogP contribution < -0.4 is 5.32 Å². The maximum atomic E-state index is 3.29. The van der Waals surface area contributed by atoms with Gasteiger partial charge in [-0.1, -0.05) is 6.07 Å². The predicted octanol–water partition coefficient (Wildman–Crippen LogP) is 2.37. The second-order valence-corrected chi connectivity index (χ2v) is 4.20. The average Bonchev–Trinajstić information content (AvgIpc) is 2.52. The van der Waals surface area contributed by atoms with E-state index in [2.05, 4.69) is 29.1 Å². The second-order valence-electron chi connectivity index (χ2n) is 2.31. The zero-order valence-electron chi connectivity index (χ0n) is 6.83. The minimum absolute atomic E-state index is 0.532. The molecule has 0 aliphatic carbocycles. The maximum absolute atomic E-state index is 3.29. The number of hydrogen-bond acceptors (Lipinski definition) is 3. The van der Waals surface area contributed by atoms with E-state index >= 15 is 0 Å². The second kappa shape index (κ2) is 4.80. The van der Waals surface area contributed by atoms with Crippen LogP contribution >= 0.6 is 23.1 Å². The Labute approximate surface area is 76.2 Å². The summed E-state index contributed by atoms with van der Waals surface area (Å²) < 4.78 is 0. The first kappa shape index (κ1) is 9.10. The highest BCUT2D eigenvalue weighted by Gasteiger charge is 2.07. The standard InChI is InChI=1S/C8H13NS2/c1-9-7(6-10-2)8-4-3-5-11-8/h3-5,7,9H,6H2,1-2H3. The summed E-state index contributed by atoms with van der Waals surface area (Å²) in [4.78, 5) is 1.43. The molecule has 1 unspecified atom stereocenters. The van der Waals surface area contributed by atoms with Gasteiger partial charge in [-0.15, -0.1) is 11.3 Å². The van der Waals surface area contributed by atoms with E-state index in [9.17, 15) is 0 Å². The van der Waals surface area contributed by atoms with Crippen molar-refractivity contribution in [3.05, 3.63) is 22.4 Å². The van der Waals surface area contributed by atoms with Gasteiger partial charge in [-0.05, 0) is 24.7 Å². The van der Waals surface area contributed by atoms with Crippen molar-refractivity contribution in [1.82, 2.24) is 5.32 Å². The van der Waals surface area contributed by atoms with Gasteiger partial charge < -0.3 is 5.32 Å². The summed E-state index contributed by atoms with van der Waals surface area (Å²) in [6.07, 6.45) is 2.14. The Bertz CT molecular complexity index is 184. The Morgan fingerprint density at radius 2 is 2.55 bits per heavy atom. The van der Waals surface area contributed by atoms with Crippen molar-refractivity contribution in [1.29, 1.82) is 0 Å². The molecule has 1 aromatic rings. The van der Waals surface area contributed by atoms with Crippen molar-refractivity contribution < 1.29 is 0 Å². The fraction of sp³-hybridized carbons (Fsp3) is 0.500. The van der Waals surface area contributed by atoms with E-state index in [-0.39, 0.29) is 0 Å². The van der Waals surface area contributed by atoms with E-state index in [1.54, 1.807) is 0 Å². The van der Waals surface area contributed by atoms with Gasteiger partial charge in [0, 0.05) is 10.6 Å². The highest BCUT2D eigenvalue weighted by molar-refractivity contribution is 7.98. The van der Waals surface area contributed by atoms with Crippen LogP contribution in [-0.4, -0.2) is 19.1 Å². The number of rotatable bonds is 4. The molecule has 1 N–H and O–H groups in total. The smallest absolute Gasteiger partial charge is 0.0504 e. The van der Waals surface area contributed by atoms with E-state index in [4.69, 9.17) is 0 Å². The summed E-state index contributed by atoms with van der Waals surface area (Å²) in [6.45, 7) is 0. The van der Waals surface area contributed by atoms with Crippen molar-refractivity contribution in [2.24, 2.45) is 0 Å². The molecule has 0 bridgehead atoms. The fourth-order valence-corrected chi connectivity index (χ4v) is 2.59. The zero-order valence-corrected chi connectivity index (χ0v) is 8.47. The Morgan fingerprint density at radius 1 is 1.73 bits per heavy atom. The SMILES string of the molecule is CNC(CSC)c1cccs1. The molecule has 11 heavy (non-hydrogen) atoms. The van der Waals surface area contributed by atoms with Crippen LogP contribution in [0.2, 0.25) is 0 Å². The van der Waals surface area contributed by atoms with Crippen molar-refractivity contribution >= 4 is 23.1 Å². The Morgan fingerprint density at radius 3 is 3.00 bits per heavy atom. The zero-order chi connectivity index (χ0) is 8.10. The van der Waals surface area contributed by atoms with Gasteiger partial charge in [-0.2, -0.15) is 11.8 Å². The molecule has 1 heterocycles. The van der Waals surface area contributed by atoms with Crippen LogP contribution in [0.4, 0.5) is 0 Å². The highest BCUT2D eigenvalue weighted by atomic mass is 32.2. The first-order valence-electron chi connectivity index (χ1n) is 3.58. The van der Waals surface area contributed by atoms with Crippen molar-refractivity contribution in [3.63, 3.8) is 0 Å². The molecule has 0 fully saturated rings. The molecule has 3 heteroatoms. The number of hydrogen-bond donors (Lipinski definition) is 1. The van der Waals surface area contributed by atoms with Crippen LogP contribution in [0.3, 0.4) is 0 Å². The Hall–Kier alpha value is 0.01000. The quantitative estimate of drug-likeness (QED) is 0.776. The largest absolute Gasteiger partial charge is 0.312 e. The molecule has 0 radical (unpaired) electrons. The molecule has 1 aromatic heterocycles. The molecule has 0 aliphatic heterocycles. The van der Waals surface area contributed by atoms with Crippen molar-refractivity contribution in [3.8, 4) is 0 Å². The van der Waals surface area contributed by atoms with Crippen molar-refractivity contribution in [2.75, 3.05) is 19.1 Å². The van der Waals surface area contributed by atoms with Gasteiger partial charge in [-0.3, -0.25) is 0 Å². The summed E-state index contributed by atoms with van der Waals surface area (Å²) >= 11 is 3.70. The molecule has 0 saturated heterocycles. The third-order valence-corrected chi connectivity index (χ3v) is 3.22. The molecule has 1 atom stereocenters. The van der Waals surface area contributed by atoms with Crippen LogP contribution in [0, 0.1) is 0 Å². The lowest BCUT2D eigenvalue weighted by Gasteiger charge is -2.11. The van der Waals surface area contributed by atoms with E-state index < -0.39 is 0 Å². The average molecular weight is 187 g/mol. The minimum atomic E-state index is 0.532. The van der Waals surface area contributed by atoms with Crippen LogP contribution in [0.1, 0.15) is 10.9 Å². The van der Waals surface area contributed by atoms with Crippen molar-refractivity contribution in [2.45, 2.75) is 6.04 Å². The summed E-state index contributed by atoms with van der Waals surface area (Å²) in [5.41, 5.74) is 0. The molecule has 62 valence electrons. The Kier molecular flexibility index (Phi) is 3.97. The van der Waals surface area contributed by atoms with E-state index in [0.29, 0.717) is 6.04 Å². The molecule has 1 rings (SSSR count). The monoisotopic (exact) mass is 187 g/mol. The van der Waals surface area contributed by atoms with Gasteiger partial charge in [-0.25, -0.2) is 0 Å². The lowest BCUT2D eigenvalue weighted by Crippen LogP contribution is -2.17. The van der Waals surface area contributed by atoms with Gasteiger partial charge in [0.05, 0.1) is 6.04 Å². The van der Waals surface area contributed by atoms with Crippen LogP contribution in [-0.2, 0) is 0 Å². The molecule has 0 aromatic carbocycles. The highest BCUT2D eigenvalue weighted by Crippen LogP contribution is 2.21. The Balaban J connectivity index is 2.56. The lowest BCUT2D eigenvalue weighted by atomic mass is 10.3. The topological polar surface area (TPSA) is 12.0 Å². The predicted molar refractivity (Wildman–Crippen MR) is 54.5 cm³/mol. The number of nitrogens with one attached hydrogen (secondary N) is 1. The lowest BCUT2D eigenvalue weighted by molar-refractivity contribution is 0.674. The van der Waals surface area contributed by atoms with Crippen LogP contribution in [0.5, 0.6) is 0 Å². The van der Waals surface area contributed by atoms with Gasteiger partial charge >= 0.3 is 0 Å². The third kappa shape index (κ3) is 2.51. The van der Waals surface area contributed by atoms with Gasteiger partial charge in [0.25, 0.3) is 0 Å². The maximum Gasteiger partial charge on any atom is 0.0504 e. The minimum Gasteiger partial charge on any atom is -0.312 e. The van der Waals surface area contributed by atoms with E-state index in [1.807, 2.05) is 30.1 Å². The molecule has 0 aliphatic rings. The van der Waals surface area contributed by atoms with E-state index in [0.717, 1.165) is 5.75 Å². The summed E-state index contributed by atoms with van der Waals surface area (Å²) in [7, 11) is 2.01. The summed E-state index contributed by atoms with van der Waals surface area (Å²) in [6, 6.07) is 4.82. The number of thiophene rings is 1. The number of thioether (sulfide) groups is 1.